The Morgan fingerprint density at radius 3 is 1.08 bits per heavy atom. The van der Waals surface area contributed by atoms with E-state index in [2.05, 4.69) is 230 Å². The van der Waals surface area contributed by atoms with E-state index in [9.17, 15) is 0 Å². The number of hydrogen-bond donors (Lipinski definition) is 0. The maximum absolute atomic E-state index is 5.29. The van der Waals surface area contributed by atoms with Gasteiger partial charge >= 0.3 is 0 Å². The first kappa shape index (κ1) is 39.1. The van der Waals surface area contributed by atoms with Crippen LogP contribution in [-0.2, 0) is 6.42 Å². The number of para-hydroxylation sites is 4. The van der Waals surface area contributed by atoms with Gasteiger partial charge in [-0.2, -0.15) is 0 Å². The summed E-state index contributed by atoms with van der Waals surface area (Å²) in [6.07, 6.45) is 0.922. The summed E-state index contributed by atoms with van der Waals surface area (Å²) < 4.78 is 0. The highest BCUT2D eigenvalue weighted by Gasteiger charge is 2.20. The van der Waals surface area contributed by atoms with Crippen LogP contribution in [0.5, 0.6) is 0 Å². The quantitative estimate of drug-likeness (QED) is 0.130. The lowest BCUT2D eigenvalue weighted by Crippen LogP contribution is -2.12. The van der Waals surface area contributed by atoms with Gasteiger partial charge in [-0.1, -0.05) is 165 Å². The number of hydrogen-bond acceptors (Lipinski definition) is 4. The molecule has 0 spiro atoms. The van der Waals surface area contributed by atoms with E-state index >= 15 is 0 Å². The molecule has 0 saturated carbocycles. The molecule has 0 bridgehead atoms. The van der Waals surface area contributed by atoms with Crippen LogP contribution in [-0.4, -0.2) is 9.97 Å². The second-order valence-electron chi connectivity index (χ2n) is 15.8. The molecular formula is C59H46N4. The molecule has 0 N–H and O–H groups in total. The second kappa shape index (κ2) is 17.5. The molecule has 10 aromatic rings. The largest absolute Gasteiger partial charge is 0.310 e. The number of nitrogens with zero attached hydrogens (tertiary/aromatic N) is 4. The van der Waals surface area contributed by atoms with Gasteiger partial charge in [0.25, 0.3) is 0 Å². The van der Waals surface area contributed by atoms with Crippen LogP contribution < -0.4 is 9.80 Å². The zero-order chi connectivity index (χ0) is 42.5. The van der Waals surface area contributed by atoms with Crippen molar-refractivity contribution in [2.75, 3.05) is 9.80 Å². The fourth-order valence-electron chi connectivity index (χ4n) is 8.50. The van der Waals surface area contributed by atoms with Crippen LogP contribution in [0.25, 0.3) is 55.8 Å². The van der Waals surface area contributed by atoms with E-state index in [0.717, 1.165) is 68.4 Å². The third-order valence-corrected chi connectivity index (χ3v) is 11.8. The molecule has 0 atom stereocenters. The Morgan fingerprint density at radius 1 is 0.317 bits per heavy atom. The van der Waals surface area contributed by atoms with Gasteiger partial charge in [-0.15, -0.1) is 0 Å². The molecule has 1 aromatic heterocycles. The molecule has 1 heterocycles. The molecule has 10 rings (SSSR count). The van der Waals surface area contributed by atoms with Gasteiger partial charge < -0.3 is 9.80 Å². The lowest BCUT2D eigenvalue weighted by Gasteiger charge is -2.28. The minimum absolute atomic E-state index is 0.840. The van der Waals surface area contributed by atoms with Gasteiger partial charge in [0.15, 0.2) is 0 Å². The maximum Gasteiger partial charge on any atom is 0.0973 e. The van der Waals surface area contributed by atoms with E-state index in [0.29, 0.717) is 0 Å². The number of anilines is 6. The van der Waals surface area contributed by atoms with Crippen molar-refractivity contribution in [3.05, 3.63) is 242 Å². The molecule has 0 fully saturated rings. The van der Waals surface area contributed by atoms with Gasteiger partial charge in [0.2, 0.25) is 0 Å². The Labute approximate surface area is 370 Å². The molecule has 0 aliphatic rings. The molecule has 0 aliphatic heterocycles. The first-order valence-corrected chi connectivity index (χ1v) is 21.6. The first-order chi connectivity index (χ1) is 31.1. The minimum atomic E-state index is 0.840. The Kier molecular flexibility index (Phi) is 10.8. The number of fused-ring (bicyclic) bond motifs is 1. The van der Waals surface area contributed by atoms with Gasteiger partial charge in [0.05, 0.1) is 22.4 Å². The van der Waals surface area contributed by atoms with Crippen LogP contribution in [0.2, 0.25) is 0 Å². The number of aryl methyl sites for hydroxylation is 2. The molecule has 0 amide bonds. The number of benzene rings is 9. The van der Waals surface area contributed by atoms with E-state index in [1.165, 1.54) is 39.1 Å². The third kappa shape index (κ3) is 7.98. The summed E-state index contributed by atoms with van der Waals surface area (Å²) in [4.78, 5) is 15.3. The van der Waals surface area contributed by atoms with Gasteiger partial charge in [0.1, 0.15) is 0 Å². The summed E-state index contributed by atoms with van der Waals surface area (Å²) in [6, 6.07) is 81.7. The normalized spacial score (nSPS) is 11.1. The molecule has 9 aromatic carbocycles. The molecule has 0 radical (unpaired) electrons. The zero-order valence-electron chi connectivity index (χ0n) is 35.4. The molecule has 0 saturated heterocycles. The highest BCUT2D eigenvalue weighted by Crippen LogP contribution is 2.41. The van der Waals surface area contributed by atoms with Crippen LogP contribution in [0.3, 0.4) is 0 Å². The lowest BCUT2D eigenvalue weighted by atomic mass is 10.0. The summed E-state index contributed by atoms with van der Waals surface area (Å²) in [5, 5.41) is 0. The van der Waals surface area contributed by atoms with Crippen molar-refractivity contribution in [3.63, 3.8) is 0 Å². The van der Waals surface area contributed by atoms with Crippen molar-refractivity contribution < 1.29 is 0 Å². The zero-order valence-corrected chi connectivity index (χ0v) is 35.4. The van der Waals surface area contributed by atoms with Crippen LogP contribution in [0.1, 0.15) is 18.1 Å². The molecule has 4 nitrogen and oxygen atoms in total. The van der Waals surface area contributed by atoms with E-state index in [1.54, 1.807) is 0 Å². The third-order valence-electron chi connectivity index (χ3n) is 11.8. The highest BCUT2D eigenvalue weighted by atomic mass is 15.1. The lowest BCUT2D eigenvalue weighted by molar-refractivity contribution is 1.11. The predicted octanol–water partition coefficient (Wildman–Crippen LogP) is 16.1. The Bertz CT molecular complexity index is 3130. The Hall–Kier alpha value is -8.08. The number of rotatable bonds is 11. The van der Waals surface area contributed by atoms with Crippen molar-refractivity contribution in [3.8, 4) is 44.8 Å². The summed E-state index contributed by atoms with van der Waals surface area (Å²) in [6.45, 7) is 4.38. The highest BCUT2D eigenvalue weighted by molar-refractivity contribution is 5.89. The minimum Gasteiger partial charge on any atom is -0.310 e. The molecule has 4 heteroatoms. The van der Waals surface area contributed by atoms with Crippen LogP contribution >= 0.6 is 0 Å². The van der Waals surface area contributed by atoms with Crippen molar-refractivity contribution in [1.29, 1.82) is 0 Å². The smallest absolute Gasteiger partial charge is 0.0973 e. The molecular weight excluding hydrogens is 765 g/mol. The van der Waals surface area contributed by atoms with Gasteiger partial charge in [-0.25, -0.2) is 9.97 Å². The second-order valence-corrected chi connectivity index (χ2v) is 15.8. The summed E-state index contributed by atoms with van der Waals surface area (Å²) >= 11 is 0. The summed E-state index contributed by atoms with van der Waals surface area (Å²) in [7, 11) is 0. The van der Waals surface area contributed by atoms with Crippen molar-refractivity contribution in [1.82, 2.24) is 9.97 Å². The molecule has 0 unspecified atom stereocenters. The number of aromatic nitrogens is 2. The van der Waals surface area contributed by atoms with Gasteiger partial charge in [-0.05, 0) is 120 Å². The topological polar surface area (TPSA) is 32.3 Å². The average molecular weight is 811 g/mol. The molecule has 0 aliphatic carbocycles. The maximum atomic E-state index is 5.29. The first-order valence-electron chi connectivity index (χ1n) is 21.6. The predicted molar refractivity (Wildman–Crippen MR) is 265 cm³/mol. The van der Waals surface area contributed by atoms with E-state index in [4.69, 9.17) is 9.97 Å². The van der Waals surface area contributed by atoms with Gasteiger partial charge in [0, 0.05) is 45.3 Å². The van der Waals surface area contributed by atoms with Crippen LogP contribution in [0.15, 0.2) is 231 Å². The monoisotopic (exact) mass is 810 g/mol. The van der Waals surface area contributed by atoms with Gasteiger partial charge in [-0.3, -0.25) is 0 Å². The van der Waals surface area contributed by atoms with E-state index in [-0.39, 0.29) is 0 Å². The van der Waals surface area contributed by atoms with Crippen LogP contribution in [0, 0.1) is 6.92 Å². The fraction of sp³-hybridized carbons (Fsp3) is 0.0508. The average Bonchev–Trinajstić information content (AvgIpc) is 3.36. The SMILES string of the molecule is CCc1ccccc1N(c1ccc(-c2ccccc2)cc1)c1ccc(-c2nc3ccccc3nc2-c2ccc(N(c3ccc(-c4ccccc4)cc3)c3ccccc3C)cc2)cc1. The van der Waals surface area contributed by atoms with Crippen LogP contribution in [0.4, 0.5) is 34.1 Å². The van der Waals surface area contributed by atoms with Crippen molar-refractivity contribution >= 4 is 45.2 Å². The Balaban J connectivity index is 1.03. The summed E-state index contributed by atoms with van der Waals surface area (Å²) in [5.41, 5.74) is 19.3. The van der Waals surface area contributed by atoms with E-state index in [1.807, 2.05) is 24.3 Å². The van der Waals surface area contributed by atoms with Crippen molar-refractivity contribution in [2.24, 2.45) is 0 Å². The molecule has 63 heavy (non-hydrogen) atoms. The Morgan fingerprint density at radius 2 is 0.651 bits per heavy atom. The van der Waals surface area contributed by atoms with E-state index < -0.39 is 0 Å². The fourth-order valence-corrected chi connectivity index (χ4v) is 8.50. The van der Waals surface area contributed by atoms with Crippen molar-refractivity contribution in [2.45, 2.75) is 20.3 Å². The molecule has 302 valence electrons. The summed E-state index contributed by atoms with van der Waals surface area (Å²) in [5.74, 6) is 0. The standard InChI is InChI=1S/C59H46N4/c1-3-43-17-11-15-25-57(43)63(52-36-28-47(29-37-52)45-20-8-5-9-21-45)53-40-32-49(33-41-53)59-58(60-54-22-12-13-23-55(54)61-59)48-30-38-51(39-31-48)62(56-24-14-10-16-42(56)2)50-34-26-46(27-35-50)44-18-6-4-7-19-44/h4-41H,3H2,1-2H3.